The fourth-order valence-corrected chi connectivity index (χ4v) is 10.7. The molecule has 0 aliphatic carbocycles. The highest BCUT2D eigenvalue weighted by Crippen LogP contribution is 2.32. The molecule has 0 bridgehead atoms. The van der Waals surface area contributed by atoms with Crippen LogP contribution in [0.4, 0.5) is 28.8 Å². The minimum absolute atomic E-state index is 0.0116. The van der Waals surface area contributed by atoms with Crippen LogP contribution in [0.1, 0.15) is 163 Å². The molecule has 89 heavy (non-hydrogen) atoms. The van der Waals surface area contributed by atoms with Gasteiger partial charge in [-0.15, -0.1) is 6.58 Å². The molecular weight excluding hydrogens is 1170 g/mol. The molecule has 1 unspecified atom stereocenters. The van der Waals surface area contributed by atoms with Crippen molar-refractivity contribution in [2.45, 2.75) is 215 Å². The number of likely N-dealkylation sites (tertiary alicyclic amines) is 6. The maximum absolute atomic E-state index is 11.8. The molecule has 0 aromatic carbocycles. The van der Waals surface area contributed by atoms with Gasteiger partial charge in [0.15, 0.2) is 0 Å². The molecule has 0 aromatic heterocycles. The number of aldehydes is 1. The van der Waals surface area contributed by atoms with Crippen molar-refractivity contribution >= 4 is 54.6 Å². The number of epoxide rings is 2. The van der Waals surface area contributed by atoms with Crippen LogP contribution in [0.25, 0.3) is 0 Å². The number of ether oxygens (including phenoxy) is 8. The summed E-state index contributed by atoms with van der Waals surface area (Å²) >= 11 is 1.63. The largest absolute Gasteiger partial charge is 0.444 e. The Bertz CT molecular complexity index is 2140. The summed E-state index contributed by atoms with van der Waals surface area (Å²) in [6, 6.07) is 0. The van der Waals surface area contributed by atoms with Crippen molar-refractivity contribution < 1.29 is 81.7 Å². The Kier molecular flexibility index (Phi) is 30.6. The maximum atomic E-state index is 11.8. The maximum Gasteiger partial charge on any atom is 0.410 e. The summed E-state index contributed by atoms with van der Waals surface area (Å²) in [4.78, 5) is 90.6. The Morgan fingerprint density at radius 1 is 0.472 bits per heavy atom. The monoisotopic (exact) mass is 1280 g/mol. The Hall–Kier alpha value is -4.78. The number of aliphatic hydroxyl groups excluding tert-OH is 2. The number of nitrogens with zero attached hydrogens (tertiary/aromatic N) is 6. The van der Waals surface area contributed by atoms with Crippen LogP contribution in [0, 0.1) is 35.5 Å². The molecule has 0 aromatic rings. The number of carbonyl (C=O) groups excluding carboxylic acids is 7. The van der Waals surface area contributed by atoms with Gasteiger partial charge in [0.25, 0.3) is 0 Å². The minimum atomic E-state index is -0.462. The van der Waals surface area contributed by atoms with E-state index in [4.69, 9.17) is 43.0 Å². The molecule has 24 heteroatoms. The molecule has 9 atom stereocenters. The summed E-state index contributed by atoms with van der Waals surface area (Å²) in [5.41, 5.74) is -2.54. The number of amides is 6. The van der Waals surface area contributed by atoms with Gasteiger partial charge < -0.3 is 82.3 Å². The van der Waals surface area contributed by atoms with E-state index < -0.39 is 33.6 Å². The second kappa shape index (κ2) is 34.8. The molecule has 514 valence electrons. The van der Waals surface area contributed by atoms with E-state index in [2.05, 4.69) is 6.58 Å². The van der Waals surface area contributed by atoms with Gasteiger partial charge in [-0.3, -0.25) is 0 Å². The van der Waals surface area contributed by atoms with Crippen LogP contribution in [0.2, 0.25) is 0 Å². The van der Waals surface area contributed by atoms with Crippen molar-refractivity contribution in [3.63, 3.8) is 0 Å². The molecule has 8 aliphatic heterocycles. The van der Waals surface area contributed by atoms with Gasteiger partial charge in [0.2, 0.25) is 0 Å². The summed E-state index contributed by atoms with van der Waals surface area (Å²) in [5, 5.41) is 18.8. The van der Waals surface area contributed by atoms with Gasteiger partial charge in [0, 0.05) is 120 Å². The van der Waals surface area contributed by atoms with Crippen molar-refractivity contribution in [2.75, 3.05) is 110 Å². The second-order valence-corrected chi connectivity index (χ2v) is 31.2. The number of aliphatic hydroxyl groups is 2. The molecule has 0 spiro atoms. The topological polar surface area (TPSA) is 260 Å². The number of carbonyl (C=O) groups is 7. The highest BCUT2D eigenvalue weighted by Gasteiger charge is 2.42. The Morgan fingerprint density at radius 2 is 0.764 bits per heavy atom. The Balaban J connectivity index is 0.000000279. The van der Waals surface area contributed by atoms with Crippen LogP contribution < -0.4 is 0 Å². The number of rotatable bonds is 8. The molecule has 8 aliphatic rings. The predicted octanol–water partition coefficient (Wildman–Crippen LogP) is 10.4. The Labute approximate surface area is 537 Å². The zero-order valence-corrected chi connectivity index (χ0v) is 58.5. The number of hydrogen-bond donors (Lipinski definition) is 2. The lowest BCUT2D eigenvalue weighted by Crippen LogP contribution is -2.36. The predicted molar refractivity (Wildman–Crippen MR) is 343 cm³/mol. The first-order chi connectivity index (χ1) is 41.0. The van der Waals surface area contributed by atoms with Crippen LogP contribution in [-0.2, 0) is 42.7 Å². The highest BCUT2D eigenvalue weighted by atomic mass is 32.2. The quantitative estimate of drug-likeness (QED) is 0.0990. The first kappa shape index (κ1) is 78.5. The van der Waals surface area contributed by atoms with E-state index in [0.717, 1.165) is 103 Å². The van der Waals surface area contributed by atoms with Crippen molar-refractivity contribution in [3.05, 3.63) is 12.7 Å². The van der Waals surface area contributed by atoms with Crippen molar-refractivity contribution in [1.82, 2.24) is 29.4 Å². The minimum Gasteiger partial charge on any atom is -0.444 e. The molecule has 8 rings (SSSR count). The molecule has 0 saturated carbocycles. The summed E-state index contributed by atoms with van der Waals surface area (Å²) < 4.78 is 42.1. The van der Waals surface area contributed by atoms with Crippen LogP contribution in [-0.4, -0.2) is 245 Å². The SMILES string of the molecule is C=C[C@@H]1CCN(C(=O)OC(C)(C)C)C1.CC(C)(C)OC(=O)N1CC[C@@H](C2CO2)C1.CC(C)(C)OC(=O)N1CC[C@@H](C=O)C1.CC(C)(C)OC(=O)N1CC[C@@H](CO)C1.CC(C)(C)OC(=O)N1CC[C@@H]([C@H]2CO2)C1.CSC[C@@H](O)[C@@H]1CCN(C(=O)OC(C)(C)C)C1. The lowest BCUT2D eigenvalue weighted by atomic mass is 10.0. The van der Waals surface area contributed by atoms with E-state index in [0.29, 0.717) is 69.2 Å². The van der Waals surface area contributed by atoms with Crippen molar-refractivity contribution in [1.29, 1.82) is 0 Å². The van der Waals surface area contributed by atoms with E-state index in [1.165, 1.54) is 0 Å². The van der Waals surface area contributed by atoms with Crippen molar-refractivity contribution in [2.24, 2.45) is 35.5 Å². The number of thioether (sulfide) groups is 1. The molecule has 0 radical (unpaired) electrons. The lowest BCUT2D eigenvalue weighted by molar-refractivity contribution is -0.110. The fraction of sp³-hybridized carbons (Fsp3) is 0.862. The van der Waals surface area contributed by atoms with Crippen LogP contribution in [0.3, 0.4) is 0 Å². The van der Waals surface area contributed by atoms with E-state index in [-0.39, 0.29) is 67.0 Å². The third-order valence-corrected chi connectivity index (χ3v) is 15.4. The number of hydrogen-bond acceptors (Lipinski definition) is 18. The van der Waals surface area contributed by atoms with Crippen LogP contribution >= 0.6 is 11.8 Å². The summed E-state index contributed by atoms with van der Waals surface area (Å²) in [5.74, 6) is 2.62. The highest BCUT2D eigenvalue weighted by molar-refractivity contribution is 7.98. The zero-order chi connectivity index (χ0) is 67.5. The van der Waals surface area contributed by atoms with Gasteiger partial charge in [0.05, 0.1) is 31.5 Å². The molecule has 23 nitrogen and oxygen atoms in total. The van der Waals surface area contributed by atoms with E-state index >= 15 is 0 Å². The van der Waals surface area contributed by atoms with Gasteiger partial charge in [-0.05, 0) is 175 Å². The smallest absolute Gasteiger partial charge is 0.410 e. The first-order valence-electron chi connectivity index (χ1n) is 32.0. The normalized spacial score (nSPS) is 25.1. The van der Waals surface area contributed by atoms with E-state index in [1.807, 2.05) is 137 Å². The molecule has 8 heterocycles. The molecule has 2 N–H and O–H groups in total. The molecular formula is C65H116N6O17S. The van der Waals surface area contributed by atoms with E-state index in [9.17, 15) is 38.7 Å². The van der Waals surface area contributed by atoms with Gasteiger partial charge in [0.1, 0.15) is 39.9 Å². The lowest BCUT2D eigenvalue weighted by Gasteiger charge is -2.25. The average molecular weight is 1290 g/mol. The van der Waals surface area contributed by atoms with E-state index in [1.54, 1.807) is 41.2 Å². The van der Waals surface area contributed by atoms with Gasteiger partial charge in [-0.1, -0.05) is 6.08 Å². The van der Waals surface area contributed by atoms with Gasteiger partial charge >= 0.3 is 36.6 Å². The molecule has 8 fully saturated rings. The van der Waals surface area contributed by atoms with Crippen LogP contribution in [0.15, 0.2) is 12.7 Å². The summed E-state index contributed by atoms with van der Waals surface area (Å²) in [7, 11) is 0. The summed E-state index contributed by atoms with van der Waals surface area (Å²) in [6.45, 7) is 47.7. The second-order valence-electron chi connectivity index (χ2n) is 30.3. The molecule has 8 saturated heterocycles. The molecule has 6 amide bonds. The standard InChI is InChI=1S/C12H23NO3S.2C11H19NO3.C11H19NO2.C10H19NO3.C10H17NO3/c1-12(2,3)16-11(15)13-6-5-9(7-13)10(14)8-17-4;2*1-11(2,3)15-10(13)12-5-4-8(6-12)9-7-14-9;1-5-9-6-7-12(8-9)10(13)14-11(2,3)4;2*1-10(2,3)14-9(13)11-5-4-8(6-11)7-12/h9-10,14H,5-8H2,1-4H3;2*8-9H,4-7H2,1-3H3;5,9H,1,6-8H2,2-4H3;8,12H,4-7H2,1-3H3;7-8H,4-6H2,1-3H3/t9-,10-;8-,9?;8-,9-;9-;2*8-/m111111/s1. The first-order valence-corrected chi connectivity index (χ1v) is 33.4. The third-order valence-electron chi connectivity index (χ3n) is 14.8. The zero-order valence-electron chi connectivity index (χ0n) is 57.7. The van der Waals surface area contributed by atoms with Gasteiger partial charge in [-0.2, -0.15) is 11.8 Å². The Morgan fingerprint density at radius 3 is 1.04 bits per heavy atom. The van der Waals surface area contributed by atoms with Crippen molar-refractivity contribution in [3.8, 4) is 0 Å². The summed E-state index contributed by atoms with van der Waals surface area (Å²) in [6.07, 6.45) is 9.41. The average Bonchev–Trinajstić information content (AvgIpc) is 4.17. The third kappa shape index (κ3) is 32.4. The van der Waals surface area contributed by atoms with Gasteiger partial charge in [-0.25, -0.2) is 28.8 Å². The van der Waals surface area contributed by atoms with Crippen LogP contribution in [0.5, 0.6) is 0 Å². The fourth-order valence-electron chi connectivity index (χ4n) is 10.1.